The number of nitrogens with zero attached hydrogens (tertiary/aromatic N) is 4. The van der Waals surface area contributed by atoms with E-state index in [4.69, 9.17) is 0 Å². The van der Waals surface area contributed by atoms with E-state index < -0.39 is 6.10 Å². The van der Waals surface area contributed by atoms with Gasteiger partial charge in [-0.05, 0) is 36.2 Å². The largest absolute Gasteiger partial charge is 0.391 e. The average molecular weight is 356 g/mol. The van der Waals surface area contributed by atoms with E-state index in [1.807, 2.05) is 0 Å². The Labute approximate surface area is 147 Å². The highest BCUT2D eigenvalue weighted by Gasteiger charge is 2.27. The number of amides is 1. The maximum Gasteiger partial charge on any atom is 0.294 e. The van der Waals surface area contributed by atoms with Crippen LogP contribution in [0.4, 0.5) is 4.39 Å². The molecule has 0 spiro atoms. The minimum atomic E-state index is -0.520. The van der Waals surface area contributed by atoms with Crippen LogP contribution in [0.3, 0.4) is 0 Å². The second kappa shape index (κ2) is 6.06. The Morgan fingerprint density at radius 2 is 2.00 bits per heavy atom. The zero-order valence-corrected chi connectivity index (χ0v) is 14.1. The van der Waals surface area contributed by atoms with Gasteiger partial charge in [0.2, 0.25) is 5.65 Å². The van der Waals surface area contributed by atoms with Gasteiger partial charge in [-0.15, -0.1) is 0 Å². The van der Waals surface area contributed by atoms with Crippen molar-refractivity contribution in [3.63, 3.8) is 0 Å². The monoisotopic (exact) mass is 356 g/mol. The lowest BCUT2D eigenvalue weighted by Gasteiger charge is -2.13. The summed E-state index contributed by atoms with van der Waals surface area (Å²) in [6, 6.07) is 5.83. The fourth-order valence-electron chi connectivity index (χ4n) is 3.21. The lowest BCUT2D eigenvalue weighted by atomic mass is 10.1. The molecule has 8 heteroatoms. The molecule has 1 N–H and O–H groups in total. The predicted octanol–water partition coefficient (Wildman–Crippen LogP) is 1.05. The first-order chi connectivity index (χ1) is 12.4. The van der Waals surface area contributed by atoms with Crippen molar-refractivity contribution in [2.45, 2.75) is 12.5 Å². The molecule has 0 saturated carbocycles. The predicted molar refractivity (Wildman–Crippen MR) is 92.4 cm³/mol. The number of aliphatic hydroxyl groups excluding tert-OH is 1. The second-order valence-corrected chi connectivity index (χ2v) is 6.44. The van der Waals surface area contributed by atoms with E-state index in [0.717, 1.165) is 0 Å². The highest BCUT2D eigenvalue weighted by Crippen LogP contribution is 2.19. The van der Waals surface area contributed by atoms with E-state index in [9.17, 15) is 19.1 Å². The fraction of sp³-hybridized carbons (Fsp3) is 0.278. The van der Waals surface area contributed by atoms with E-state index in [2.05, 4.69) is 4.98 Å². The van der Waals surface area contributed by atoms with E-state index in [1.165, 1.54) is 32.2 Å². The van der Waals surface area contributed by atoms with Gasteiger partial charge < -0.3 is 14.6 Å². The van der Waals surface area contributed by atoms with Crippen LogP contribution in [0, 0.1) is 5.82 Å². The number of halogens is 1. The summed E-state index contributed by atoms with van der Waals surface area (Å²) < 4.78 is 16.1. The maximum absolute atomic E-state index is 13.2. The van der Waals surface area contributed by atoms with Crippen LogP contribution in [0.25, 0.3) is 16.9 Å². The van der Waals surface area contributed by atoms with Crippen LogP contribution in [-0.2, 0) is 7.05 Å². The maximum atomic E-state index is 13.2. The van der Waals surface area contributed by atoms with Gasteiger partial charge in [-0.25, -0.2) is 9.37 Å². The number of rotatable bonds is 2. The third-order valence-corrected chi connectivity index (χ3v) is 4.66. The summed E-state index contributed by atoms with van der Waals surface area (Å²) in [4.78, 5) is 30.9. The number of imidazole rings is 1. The number of fused-ring (bicyclic) bond motifs is 1. The van der Waals surface area contributed by atoms with Crippen molar-refractivity contribution in [3.8, 4) is 11.3 Å². The van der Waals surface area contributed by atoms with E-state index in [1.54, 1.807) is 25.4 Å². The molecule has 3 aromatic rings. The number of aliphatic hydroxyl groups is 1. The minimum Gasteiger partial charge on any atom is -0.391 e. The molecule has 0 aliphatic carbocycles. The normalized spacial score (nSPS) is 17.2. The molecule has 0 bridgehead atoms. The summed E-state index contributed by atoms with van der Waals surface area (Å²) in [5.74, 6) is -0.668. The smallest absolute Gasteiger partial charge is 0.294 e. The van der Waals surface area contributed by atoms with Crippen molar-refractivity contribution in [3.05, 3.63) is 58.5 Å². The Bertz CT molecular complexity index is 1050. The van der Waals surface area contributed by atoms with Gasteiger partial charge in [0.1, 0.15) is 11.5 Å². The van der Waals surface area contributed by atoms with Crippen molar-refractivity contribution in [1.82, 2.24) is 18.9 Å². The van der Waals surface area contributed by atoms with Crippen LogP contribution in [0.2, 0.25) is 0 Å². The molecule has 1 saturated heterocycles. The van der Waals surface area contributed by atoms with Crippen LogP contribution in [0.15, 0.2) is 41.5 Å². The molecule has 1 amide bonds. The van der Waals surface area contributed by atoms with E-state index >= 15 is 0 Å². The number of likely N-dealkylation sites (tertiary alicyclic amines) is 1. The second-order valence-electron chi connectivity index (χ2n) is 6.44. The zero-order chi connectivity index (χ0) is 18.4. The van der Waals surface area contributed by atoms with Crippen LogP contribution in [0.1, 0.15) is 16.9 Å². The molecule has 1 aliphatic heterocycles. The Hall–Kier alpha value is -3.00. The topological polar surface area (TPSA) is 79.8 Å². The van der Waals surface area contributed by atoms with Gasteiger partial charge in [0, 0.05) is 32.5 Å². The lowest BCUT2D eigenvalue weighted by Crippen LogP contribution is -2.29. The van der Waals surface area contributed by atoms with Crippen molar-refractivity contribution in [1.29, 1.82) is 0 Å². The third-order valence-electron chi connectivity index (χ3n) is 4.66. The number of β-amino-alcohol motifs (C(OH)–C–C–N with tert-alkyl or cyclic N) is 1. The number of hydrogen-bond donors (Lipinski definition) is 1. The molecule has 1 atom stereocenters. The van der Waals surface area contributed by atoms with Crippen molar-refractivity contribution in [2.75, 3.05) is 13.1 Å². The highest BCUT2D eigenvalue weighted by atomic mass is 19.1. The number of hydrogen-bond acceptors (Lipinski definition) is 4. The Morgan fingerprint density at radius 1 is 1.27 bits per heavy atom. The van der Waals surface area contributed by atoms with Crippen molar-refractivity contribution >= 4 is 11.6 Å². The summed E-state index contributed by atoms with van der Waals surface area (Å²) >= 11 is 0. The fourth-order valence-corrected chi connectivity index (χ4v) is 3.21. The molecule has 4 rings (SSSR count). The van der Waals surface area contributed by atoms with Crippen LogP contribution in [-0.4, -0.2) is 49.1 Å². The molecule has 1 fully saturated rings. The zero-order valence-electron chi connectivity index (χ0n) is 14.1. The molecule has 1 aliphatic rings. The molecular weight excluding hydrogens is 339 g/mol. The number of benzene rings is 1. The molecular formula is C18H17FN4O3. The first-order valence-corrected chi connectivity index (χ1v) is 8.26. The quantitative estimate of drug-likeness (QED) is 0.744. The minimum absolute atomic E-state index is 0.140. The van der Waals surface area contributed by atoms with Gasteiger partial charge in [0.15, 0.2) is 0 Å². The average Bonchev–Trinajstić information content (AvgIpc) is 3.25. The number of carbonyl (C=O) groups excluding carboxylic acids is 1. The molecule has 2 aromatic heterocycles. The van der Waals surface area contributed by atoms with Crippen LogP contribution in [0.5, 0.6) is 0 Å². The summed E-state index contributed by atoms with van der Waals surface area (Å²) in [7, 11) is 1.61. The van der Waals surface area contributed by atoms with Crippen LogP contribution >= 0.6 is 0 Å². The molecule has 134 valence electrons. The number of carbonyl (C=O) groups is 1. The third kappa shape index (κ3) is 2.68. The van der Waals surface area contributed by atoms with Gasteiger partial charge in [0.25, 0.3) is 11.5 Å². The number of aromatic nitrogens is 3. The first kappa shape index (κ1) is 16.5. The molecule has 0 radical (unpaired) electrons. The molecule has 0 unspecified atom stereocenters. The Morgan fingerprint density at radius 3 is 2.65 bits per heavy atom. The van der Waals surface area contributed by atoms with E-state index in [0.29, 0.717) is 24.2 Å². The van der Waals surface area contributed by atoms with Gasteiger partial charge in [-0.3, -0.25) is 14.0 Å². The van der Waals surface area contributed by atoms with Crippen molar-refractivity contribution in [2.24, 2.45) is 7.05 Å². The standard InChI is InChI=1S/C18H17FN4O3/c1-21-15(11-2-4-12(19)5-3-11)10-23-9-14(20-16(23)18(21)26)17(25)22-7-6-13(24)8-22/h2-5,9-10,13,24H,6-8H2,1H3/t13-/m1/s1. The van der Waals surface area contributed by atoms with E-state index in [-0.39, 0.29) is 35.2 Å². The van der Waals surface area contributed by atoms with Gasteiger partial charge in [-0.2, -0.15) is 0 Å². The molecule has 7 nitrogen and oxygen atoms in total. The SMILES string of the molecule is Cn1c(-c2ccc(F)cc2)cn2cc(C(=O)N3CC[C@@H](O)C3)nc2c1=O. The first-order valence-electron chi connectivity index (χ1n) is 8.26. The summed E-state index contributed by atoms with van der Waals surface area (Å²) in [6.07, 6.45) is 3.22. The summed E-state index contributed by atoms with van der Waals surface area (Å²) in [5.41, 5.74) is 1.20. The molecule has 26 heavy (non-hydrogen) atoms. The van der Waals surface area contributed by atoms with Gasteiger partial charge >= 0.3 is 0 Å². The molecule has 3 heterocycles. The van der Waals surface area contributed by atoms with Crippen molar-refractivity contribution < 1.29 is 14.3 Å². The Kier molecular flexibility index (Phi) is 3.84. The molecule has 1 aromatic carbocycles. The van der Waals surface area contributed by atoms with Gasteiger partial charge in [-0.1, -0.05) is 0 Å². The van der Waals surface area contributed by atoms with Crippen LogP contribution < -0.4 is 5.56 Å². The lowest BCUT2D eigenvalue weighted by molar-refractivity contribution is 0.0760. The summed E-state index contributed by atoms with van der Waals surface area (Å²) in [5, 5.41) is 9.60. The summed E-state index contributed by atoms with van der Waals surface area (Å²) in [6.45, 7) is 0.734. The Balaban J connectivity index is 1.79. The highest BCUT2D eigenvalue weighted by molar-refractivity contribution is 5.93. The van der Waals surface area contributed by atoms with Gasteiger partial charge in [0.05, 0.1) is 11.8 Å².